The molecule has 1 heterocycles. The summed E-state index contributed by atoms with van der Waals surface area (Å²) < 4.78 is 10.9. The van der Waals surface area contributed by atoms with E-state index in [4.69, 9.17) is 9.47 Å². The first-order valence-corrected chi connectivity index (χ1v) is 8.95. The van der Waals surface area contributed by atoms with Crippen LogP contribution in [0.15, 0.2) is 54.6 Å². The second-order valence-electron chi connectivity index (χ2n) is 6.64. The van der Waals surface area contributed by atoms with Crippen LogP contribution in [0.4, 0.5) is 0 Å². The minimum Gasteiger partial charge on any atom is -0.481 e. The number of aliphatic carboxylic acids is 1. The van der Waals surface area contributed by atoms with E-state index in [0.29, 0.717) is 19.0 Å². The molecule has 1 fully saturated rings. The summed E-state index contributed by atoms with van der Waals surface area (Å²) in [7, 11) is 0. The summed E-state index contributed by atoms with van der Waals surface area (Å²) in [5, 5.41) is 12.2. The smallest absolute Gasteiger partial charge is 0.329 e. The Morgan fingerprint density at radius 2 is 1.63 bits per heavy atom. The zero-order valence-corrected chi connectivity index (χ0v) is 15.2. The summed E-state index contributed by atoms with van der Waals surface area (Å²) in [4.78, 5) is 24.1. The Balaban J connectivity index is 1.63. The largest absolute Gasteiger partial charge is 0.481 e. The summed E-state index contributed by atoms with van der Waals surface area (Å²) in [6, 6.07) is 17.4. The maximum atomic E-state index is 12.5. The van der Waals surface area contributed by atoms with E-state index in [2.05, 4.69) is 5.32 Å². The minimum absolute atomic E-state index is 0.243. The number of hydrogen-bond donors (Lipinski definition) is 2. The van der Waals surface area contributed by atoms with Gasteiger partial charge in [0, 0.05) is 26.1 Å². The molecular weight excluding hydrogens is 346 g/mol. The number of ether oxygens (including phenoxy) is 2. The molecule has 1 aliphatic heterocycles. The molecule has 0 aromatic heterocycles. The van der Waals surface area contributed by atoms with E-state index in [0.717, 1.165) is 11.1 Å². The van der Waals surface area contributed by atoms with Gasteiger partial charge in [0.15, 0.2) is 6.10 Å². The third kappa shape index (κ3) is 4.46. The van der Waals surface area contributed by atoms with E-state index in [9.17, 15) is 14.7 Å². The summed E-state index contributed by atoms with van der Waals surface area (Å²) >= 11 is 0. The first-order valence-electron chi connectivity index (χ1n) is 8.95. The highest BCUT2D eigenvalue weighted by Gasteiger charge is 2.42. The number of benzene rings is 2. The van der Waals surface area contributed by atoms with Crippen LogP contribution in [-0.4, -0.2) is 41.8 Å². The SMILES string of the molecule is CC(Oc1ccc(-c2ccccc2)cc1)C(=O)NC1(C(=O)O)CCOCC1. The van der Waals surface area contributed by atoms with Crippen molar-refractivity contribution in [1.29, 1.82) is 0 Å². The molecule has 1 saturated heterocycles. The fourth-order valence-corrected chi connectivity index (χ4v) is 3.06. The molecule has 6 nitrogen and oxygen atoms in total. The van der Waals surface area contributed by atoms with Crippen LogP contribution in [-0.2, 0) is 14.3 Å². The van der Waals surface area contributed by atoms with Crippen molar-refractivity contribution in [2.45, 2.75) is 31.4 Å². The Morgan fingerprint density at radius 3 is 2.22 bits per heavy atom. The molecule has 2 N–H and O–H groups in total. The highest BCUT2D eigenvalue weighted by atomic mass is 16.5. The van der Waals surface area contributed by atoms with E-state index in [1.54, 1.807) is 19.1 Å². The minimum atomic E-state index is -1.29. The zero-order chi connectivity index (χ0) is 19.3. The molecule has 2 aromatic rings. The van der Waals surface area contributed by atoms with Crippen LogP contribution >= 0.6 is 0 Å². The van der Waals surface area contributed by atoms with Crippen molar-refractivity contribution in [3.8, 4) is 16.9 Å². The summed E-state index contributed by atoms with van der Waals surface area (Å²) in [5.41, 5.74) is 0.856. The predicted molar refractivity (Wildman–Crippen MR) is 101 cm³/mol. The van der Waals surface area contributed by atoms with Crippen molar-refractivity contribution < 1.29 is 24.2 Å². The standard InChI is InChI=1S/C21H23NO5/c1-15(19(23)22-21(20(24)25)11-13-26-14-12-21)27-18-9-7-17(8-10-18)16-5-3-2-4-6-16/h2-10,15H,11-14H2,1H3,(H,22,23)(H,24,25). The number of carbonyl (C=O) groups excluding carboxylic acids is 1. The number of nitrogens with one attached hydrogen (secondary N) is 1. The molecule has 1 atom stereocenters. The Labute approximate surface area is 158 Å². The lowest BCUT2D eigenvalue weighted by Crippen LogP contribution is -2.59. The maximum Gasteiger partial charge on any atom is 0.329 e. The number of carbonyl (C=O) groups is 2. The predicted octanol–water partition coefficient (Wildman–Crippen LogP) is 2.87. The Morgan fingerprint density at radius 1 is 1.04 bits per heavy atom. The van der Waals surface area contributed by atoms with Gasteiger partial charge in [-0.1, -0.05) is 42.5 Å². The van der Waals surface area contributed by atoms with Gasteiger partial charge in [-0.05, 0) is 30.2 Å². The van der Waals surface area contributed by atoms with E-state index in [1.807, 2.05) is 42.5 Å². The highest BCUT2D eigenvalue weighted by Crippen LogP contribution is 2.24. The molecule has 2 aromatic carbocycles. The van der Waals surface area contributed by atoms with Crippen molar-refractivity contribution >= 4 is 11.9 Å². The van der Waals surface area contributed by atoms with Crippen LogP contribution in [0.3, 0.4) is 0 Å². The van der Waals surface area contributed by atoms with Gasteiger partial charge >= 0.3 is 5.97 Å². The molecule has 3 rings (SSSR count). The molecule has 0 bridgehead atoms. The molecule has 142 valence electrons. The van der Waals surface area contributed by atoms with Gasteiger partial charge in [0.05, 0.1) is 0 Å². The second-order valence-corrected chi connectivity index (χ2v) is 6.64. The van der Waals surface area contributed by atoms with Crippen LogP contribution in [0, 0.1) is 0 Å². The van der Waals surface area contributed by atoms with Gasteiger partial charge in [0.1, 0.15) is 11.3 Å². The summed E-state index contributed by atoms with van der Waals surface area (Å²) in [6.45, 7) is 2.22. The molecule has 1 amide bonds. The second kappa shape index (κ2) is 8.22. The lowest BCUT2D eigenvalue weighted by molar-refractivity contribution is -0.153. The monoisotopic (exact) mass is 369 g/mol. The Hall–Kier alpha value is -2.86. The number of hydrogen-bond acceptors (Lipinski definition) is 4. The van der Waals surface area contributed by atoms with Gasteiger partial charge in [0.2, 0.25) is 0 Å². The van der Waals surface area contributed by atoms with E-state index in [-0.39, 0.29) is 12.8 Å². The van der Waals surface area contributed by atoms with Crippen molar-refractivity contribution in [3.63, 3.8) is 0 Å². The van der Waals surface area contributed by atoms with Crippen LogP contribution in [0.1, 0.15) is 19.8 Å². The quantitative estimate of drug-likeness (QED) is 0.818. The van der Waals surface area contributed by atoms with Gasteiger partial charge in [-0.15, -0.1) is 0 Å². The average Bonchev–Trinajstić information content (AvgIpc) is 2.70. The van der Waals surface area contributed by atoms with Gasteiger partial charge in [-0.3, -0.25) is 4.79 Å². The van der Waals surface area contributed by atoms with Crippen molar-refractivity contribution in [2.75, 3.05) is 13.2 Å². The topological polar surface area (TPSA) is 84.9 Å². The Kier molecular flexibility index (Phi) is 5.76. The molecule has 0 aliphatic carbocycles. The van der Waals surface area contributed by atoms with Crippen LogP contribution in [0.5, 0.6) is 5.75 Å². The zero-order valence-electron chi connectivity index (χ0n) is 15.2. The van der Waals surface area contributed by atoms with Gasteiger partial charge < -0.3 is 19.9 Å². The molecule has 6 heteroatoms. The van der Waals surface area contributed by atoms with Gasteiger partial charge in [-0.2, -0.15) is 0 Å². The molecule has 0 spiro atoms. The number of carboxylic acids is 1. The Bertz CT molecular complexity index is 782. The average molecular weight is 369 g/mol. The summed E-state index contributed by atoms with van der Waals surface area (Å²) in [6.07, 6.45) is -0.328. The number of carboxylic acid groups (broad SMARTS) is 1. The third-order valence-electron chi connectivity index (χ3n) is 4.76. The van der Waals surface area contributed by atoms with Crippen molar-refractivity contribution in [1.82, 2.24) is 5.32 Å². The van der Waals surface area contributed by atoms with Gasteiger partial charge in [0.25, 0.3) is 5.91 Å². The fourth-order valence-electron chi connectivity index (χ4n) is 3.06. The number of amides is 1. The van der Waals surface area contributed by atoms with Crippen molar-refractivity contribution in [3.05, 3.63) is 54.6 Å². The lowest BCUT2D eigenvalue weighted by atomic mass is 9.90. The van der Waals surface area contributed by atoms with E-state index >= 15 is 0 Å². The van der Waals surface area contributed by atoms with Crippen molar-refractivity contribution in [2.24, 2.45) is 0 Å². The molecular formula is C21H23NO5. The molecule has 1 unspecified atom stereocenters. The van der Waals surface area contributed by atoms with Crippen LogP contribution in [0.2, 0.25) is 0 Å². The molecule has 27 heavy (non-hydrogen) atoms. The highest BCUT2D eigenvalue weighted by molar-refractivity contribution is 5.89. The number of rotatable bonds is 6. The molecule has 0 saturated carbocycles. The summed E-state index contributed by atoms with van der Waals surface area (Å²) in [5.74, 6) is -0.946. The van der Waals surface area contributed by atoms with Crippen LogP contribution in [0.25, 0.3) is 11.1 Å². The first-order chi connectivity index (χ1) is 13.0. The van der Waals surface area contributed by atoms with Crippen LogP contribution < -0.4 is 10.1 Å². The lowest BCUT2D eigenvalue weighted by Gasteiger charge is -2.34. The van der Waals surface area contributed by atoms with E-state index < -0.39 is 23.5 Å². The van der Waals surface area contributed by atoms with Gasteiger partial charge in [-0.25, -0.2) is 4.79 Å². The normalized spacial score (nSPS) is 16.9. The third-order valence-corrected chi connectivity index (χ3v) is 4.76. The fraction of sp³-hybridized carbons (Fsp3) is 0.333. The molecule has 1 aliphatic rings. The van der Waals surface area contributed by atoms with E-state index in [1.165, 1.54) is 0 Å². The maximum absolute atomic E-state index is 12.5. The first kappa shape index (κ1) is 18.9. The molecule has 0 radical (unpaired) electrons.